The fraction of sp³-hybridized carbons (Fsp3) is 0.769. The van der Waals surface area contributed by atoms with E-state index in [1.54, 1.807) is 6.07 Å². The molecule has 0 spiro atoms. The minimum atomic E-state index is -0.957. The molecule has 1 heterocycles. The minimum absolute atomic E-state index is 0.133. The van der Waals surface area contributed by atoms with Crippen LogP contribution >= 0.6 is 0 Å². The molecular weight excluding hydrogens is 408 g/mol. The van der Waals surface area contributed by atoms with Gasteiger partial charge in [0.2, 0.25) is 0 Å². The van der Waals surface area contributed by atoms with E-state index < -0.39 is 22.7 Å². The number of carbonyl (C=O) groups excluding carboxylic acids is 1. The van der Waals surface area contributed by atoms with Crippen molar-refractivity contribution in [2.75, 3.05) is 0 Å². The van der Waals surface area contributed by atoms with Gasteiger partial charge in [-0.15, -0.1) is 0 Å². The predicted molar refractivity (Wildman–Crippen MR) is 118 cm³/mol. The number of aliphatic hydroxyl groups is 2. The van der Waals surface area contributed by atoms with E-state index in [9.17, 15) is 19.8 Å². The van der Waals surface area contributed by atoms with Crippen molar-refractivity contribution in [1.29, 1.82) is 0 Å². The molecule has 4 fully saturated rings. The molecule has 2 N–H and O–H groups in total. The Bertz CT molecular complexity index is 935. The minimum Gasteiger partial charge on any atom is -0.462 e. The Morgan fingerprint density at radius 2 is 1.91 bits per heavy atom. The van der Waals surface area contributed by atoms with Gasteiger partial charge in [-0.2, -0.15) is 0 Å². The normalized spacial score (nSPS) is 47.8. The van der Waals surface area contributed by atoms with Gasteiger partial charge in [-0.3, -0.25) is 4.79 Å². The maximum absolute atomic E-state index is 12.5. The van der Waals surface area contributed by atoms with Gasteiger partial charge in [-0.25, -0.2) is 4.79 Å². The highest BCUT2D eigenvalue weighted by Crippen LogP contribution is 2.70. The molecule has 0 bridgehead atoms. The number of hydrogen-bond donors (Lipinski definition) is 2. The van der Waals surface area contributed by atoms with E-state index in [-0.39, 0.29) is 29.3 Å². The molecule has 0 aromatic carbocycles. The molecule has 0 aliphatic heterocycles. The van der Waals surface area contributed by atoms with Crippen LogP contribution < -0.4 is 5.63 Å². The first-order chi connectivity index (χ1) is 15.1. The maximum atomic E-state index is 12.5. The molecule has 32 heavy (non-hydrogen) atoms. The summed E-state index contributed by atoms with van der Waals surface area (Å²) in [7, 11) is 0. The first-order valence-electron chi connectivity index (χ1n) is 12.2. The molecule has 6 nitrogen and oxygen atoms in total. The zero-order chi connectivity index (χ0) is 22.9. The van der Waals surface area contributed by atoms with Gasteiger partial charge < -0.3 is 19.4 Å². The van der Waals surface area contributed by atoms with Gasteiger partial charge in [0.05, 0.1) is 18.0 Å². The molecule has 0 amide bonds. The maximum Gasteiger partial charge on any atom is 0.335 e. The second kappa shape index (κ2) is 7.42. The topological polar surface area (TPSA) is 97.0 Å². The second-order valence-corrected chi connectivity index (χ2v) is 11.5. The smallest absolute Gasteiger partial charge is 0.335 e. The number of ether oxygens (including phenoxy) is 1. The number of carbonyl (C=O) groups is 1. The van der Waals surface area contributed by atoms with Crippen LogP contribution in [-0.2, 0) is 9.53 Å². The molecular formula is C26H36O6. The molecule has 4 aliphatic rings. The van der Waals surface area contributed by atoms with Crippen LogP contribution in [0.4, 0.5) is 0 Å². The molecule has 4 saturated carbocycles. The van der Waals surface area contributed by atoms with Crippen molar-refractivity contribution in [2.24, 2.45) is 28.6 Å². The zero-order valence-corrected chi connectivity index (χ0v) is 19.4. The van der Waals surface area contributed by atoms with Crippen molar-refractivity contribution in [3.8, 4) is 0 Å². The zero-order valence-electron chi connectivity index (χ0n) is 19.4. The highest BCUT2D eigenvalue weighted by atomic mass is 16.5. The van der Waals surface area contributed by atoms with Gasteiger partial charge in [0.25, 0.3) is 0 Å². The predicted octanol–water partition coefficient (Wildman–Crippen LogP) is 3.78. The van der Waals surface area contributed by atoms with Gasteiger partial charge in [0, 0.05) is 30.7 Å². The number of hydrogen-bond acceptors (Lipinski definition) is 6. The molecule has 1 aromatic rings. The average Bonchev–Trinajstić information content (AvgIpc) is 2.95. The van der Waals surface area contributed by atoms with Crippen LogP contribution in [0.5, 0.6) is 0 Å². The van der Waals surface area contributed by atoms with Crippen molar-refractivity contribution in [3.05, 3.63) is 34.4 Å². The van der Waals surface area contributed by atoms with E-state index in [0.29, 0.717) is 18.3 Å². The molecule has 9 unspecified atom stereocenters. The van der Waals surface area contributed by atoms with Crippen LogP contribution in [0.2, 0.25) is 0 Å². The fourth-order valence-corrected chi connectivity index (χ4v) is 8.67. The van der Waals surface area contributed by atoms with Crippen LogP contribution in [0.25, 0.3) is 0 Å². The lowest BCUT2D eigenvalue weighted by molar-refractivity contribution is -0.205. The van der Waals surface area contributed by atoms with Gasteiger partial charge >= 0.3 is 11.6 Å². The number of esters is 1. The molecule has 9 atom stereocenters. The first kappa shape index (κ1) is 22.1. The third-order valence-electron chi connectivity index (χ3n) is 10.2. The van der Waals surface area contributed by atoms with Crippen LogP contribution in [0.1, 0.15) is 83.6 Å². The number of aliphatic hydroxyl groups excluding tert-OH is 1. The van der Waals surface area contributed by atoms with Crippen molar-refractivity contribution in [3.63, 3.8) is 0 Å². The summed E-state index contributed by atoms with van der Waals surface area (Å²) in [4.78, 5) is 23.6. The third-order valence-corrected chi connectivity index (χ3v) is 10.2. The van der Waals surface area contributed by atoms with Gasteiger partial charge in [0.15, 0.2) is 0 Å². The Balaban J connectivity index is 1.55. The molecule has 176 valence electrons. The first-order valence-corrected chi connectivity index (χ1v) is 12.2. The van der Waals surface area contributed by atoms with Crippen LogP contribution in [0.15, 0.2) is 27.6 Å². The van der Waals surface area contributed by atoms with Crippen molar-refractivity contribution in [1.82, 2.24) is 0 Å². The standard InChI is InChI=1S/C26H36O6/c1-15(27)32-21-13-26(30)20-6-5-17-12-18(28)8-10-24(17,2)19(20)9-11-25(26,3)23(21)16-4-7-22(29)31-14-16/h4,7,14,17-21,23,28,30H,5-6,8-13H2,1-3H3. The van der Waals surface area contributed by atoms with Gasteiger partial charge in [-0.05, 0) is 79.7 Å². The summed E-state index contributed by atoms with van der Waals surface area (Å²) in [6, 6.07) is 3.17. The van der Waals surface area contributed by atoms with Crippen molar-refractivity contribution < 1.29 is 24.2 Å². The van der Waals surface area contributed by atoms with Crippen LogP contribution in [0.3, 0.4) is 0 Å². The SMILES string of the molecule is CC(=O)OC1CC2(O)C3CCC4CC(O)CCC4(C)C3CCC2(C)C1c1ccc(=O)oc1. The fourth-order valence-electron chi connectivity index (χ4n) is 8.67. The van der Waals surface area contributed by atoms with Crippen LogP contribution in [-0.4, -0.2) is 34.0 Å². The Morgan fingerprint density at radius 3 is 2.59 bits per heavy atom. The Morgan fingerprint density at radius 1 is 1.12 bits per heavy atom. The van der Waals surface area contributed by atoms with Crippen molar-refractivity contribution >= 4 is 5.97 Å². The summed E-state index contributed by atoms with van der Waals surface area (Å²) in [5.41, 5.74) is -0.903. The van der Waals surface area contributed by atoms with Crippen molar-refractivity contribution in [2.45, 2.75) is 95.9 Å². The third kappa shape index (κ3) is 3.05. The molecule has 5 rings (SSSR count). The highest BCUT2D eigenvalue weighted by molar-refractivity contribution is 5.66. The molecule has 0 saturated heterocycles. The Kier molecular flexibility index (Phi) is 5.14. The summed E-state index contributed by atoms with van der Waals surface area (Å²) in [5, 5.41) is 22.7. The molecule has 4 aliphatic carbocycles. The average molecular weight is 445 g/mol. The van der Waals surface area contributed by atoms with Crippen LogP contribution in [0, 0.1) is 28.6 Å². The summed E-state index contributed by atoms with van der Waals surface area (Å²) < 4.78 is 11.0. The quantitative estimate of drug-likeness (QED) is 0.674. The van der Waals surface area contributed by atoms with Gasteiger partial charge in [-0.1, -0.05) is 13.8 Å². The van der Waals surface area contributed by atoms with E-state index >= 15 is 0 Å². The number of rotatable bonds is 2. The lowest BCUT2D eigenvalue weighted by Gasteiger charge is -2.63. The monoisotopic (exact) mass is 444 g/mol. The van der Waals surface area contributed by atoms with E-state index in [1.165, 1.54) is 19.3 Å². The largest absolute Gasteiger partial charge is 0.462 e. The summed E-state index contributed by atoms with van der Waals surface area (Å²) in [6.07, 6.45) is 7.78. The molecule has 0 radical (unpaired) electrons. The van der Waals surface area contributed by atoms with E-state index in [0.717, 1.165) is 50.5 Å². The van der Waals surface area contributed by atoms with E-state index in [4.69, 9.17) is 9.15 Å². The summed E-state index contributed by atoms with van der Waals surface area (Å²) in [5.74, 6) is 0.469. The Hall–Kier alpha value is -1.66. The number of fused-ring (bicyclic) bond motifs is 5. The molecule has 6 heteroatoms. The van der Waals surface area contributed by atoms with E-state index in [1.807, 2.05) is 0 Å². The summed E-state index contributed by atoms with van der Waals surface area (Å²) >= 11 is 0. The van der Waals surface area contributed by atoms with Gasteiger partial charge in [0.1, 0.15) is 6.10 Å². The second-order valence-electron chi connectivity index (χ2n) is 11.5. The lowest BCUT2D eigenvalue weighted by atomic mass is 9.43. The lowest BCUT2D eigenvalue weighted by Crippen LogP contribution is -2.62. The van der Waals surface area contributed by atoms with E-state index in [2.05, 4.69) is 13.8 Å². The molecule has 1 aromatic heterocycles. The Labute approximate surface area is 189 Å². The highest BCUT2D eigenvalue weighted by Gasteiger charge is 2.70. The summed E-state index contributed by atoms with van der Waals surface area (Å²) in [6.45, 7) is 5.94.